The fourth-order valence-corrected chi connectivity index (χ4v) is 2.04. The van der Waals surface area contributed by atoms with Crippen molar-refractivity contribution in [1.82, 2.24) is 20.5 Å². The second kappa shape index (κ2) is 10.9. The Labute approximate surface area is 132 Å². The van der Waals surface area contributed by atoms with Crippen LogP contribution in [0.4, 0.5) is 0 Å². The van der Waals surface area contributed by atoms with Crippen molar-refractivity contribution in [3.63, 3.8) is 0 Å². The largest absolute Gasteiger partial charge is 0.352 e. The Hall–Kier alpha value is -0.880. The summed E-state index contributed by atoms with van der Waals surface area (Å²) in [6.07, 6.45) is 4.27. The highest BCUT2D eigenvalue weighted by molar-refractivity contribution is 5.93. The molecule has 2 N–H and O–H groups in total. The molecule has 0 bridgehead atoms. The first-order valence-corrected chi connectivity index (χ1v) is 6.47. The van der Waals surface area contributed by atoms with Gasteiger partial charge in [-0.15, -0.1) is 24.8 Å². The van der Waals surface area contributed by atoms with E-state index in [2.05, 4.69) is 20.5 Å². The first-order chi connectivity index (χ1) is 8.86. The molecule has 0 unspecified atom stereocenters. The average Bonchev–Trinajstić information content (AvgIpc) is 2.45. The number of piperazine rings is 1. The summed E-state index contributed by atoms with van der Waals surface area (Å²) < 4.78 is 0. The Bertz CT molecular complexity index is 372. The summed E-state index contributed by atoms with van der Waals surface area (Å²) in [5.41, 5.74) is 0.673. The summed E-state index contributed by atoms with van der Waals surface area (Å²) >= 11 is 0. The van der Waals surface area contributed by atoms with Crippen LogP contribution >= 0.6 is 24.8 Å². The van der Waals surface area contributed by atoms with E-state index in [-0.39, 0.29) is 30.7 Å². The first kappa shape index (κ1) is 19.1. The molecule has 1 saturated heterocycles. The van der Waals surface area contributed by atoms with Crippen molar-refractivity contribution in [3.8, 4) is 0 Å². The van der Waals surface area contributed by atoms with E-state index in [0.29, 0.717) is 5.56 Å². The van der Waals surface area contributed by atoms with Crippen LogP contribution in [0.2, 0.25) is 0 Å². The number of carbonyl (C=O) groups is 1. The normalized spacial score (nSPS) is 14.8. The number of rotatable bonds is 5. The highest BCUT2D eigenvalue weighted by atomic mass is 35.5. The van der Waals surface area contributed by atoms with E-state index in [1.54, 1.807) is 24.5 Å². The standard InChI is InChI=1S/C13H20N4O.2ClH/c18-13(12-2-5-14-6-3-12)16-4-1-9-17-10-7-15-8-11-17;;/h2-3,5-6,15H,1,4,7-11H2,(H,16,18);2*1H. The van der Waals surface area contributed by atoms with Gasteiger partial charge in [0, 0.05) is 50.7 Å². The van der Waals surface area contributed by atoms with Crippen LogP contribution in [-0.4, -0.2) is 55.1 Å². The Morgan fingerprint density at radius 3 is 2.55 bits per heavy atom. The van der Waals surface area contributed by atoms with Crippen molar-refractivity contribution < 1.29 is 4.79 Å². The van der Waals surface area contributed by atoms with E-state index in [1.807, 2.05) is 0 Å². The molecule has 1 aliphatic rings. The number of halogens is 2. The van der Waals surface area contributed by atoms with Crippen LogP contribution in [0, 0.1) is 0 Å². The quantitative estimate of drug-likeness (QED) is 0.793. The van der Waals surface area contributed by atoms with Gasteiger partial charge in [0.15, 0.2) is 0 Å². The van der Waals surface area contributed by atoms with Crippen molar-refractivity contribution >= 4 is 30.7 Å². The Kier molecular flexibility index (Phi) is 10.4. The van der Waals surface area contributed by atoms with Gasteiger partial charge >= 0.3 is 0 Å². The lowest BCUT2D eigenvalue weighted by molar-refractivity contribution is 0.0951. The predicted molar refractivity (Wildman–Crippen MR) is 85.0 cm³/mol. The summed E-state index contributed by atoms with van der Waals surface area (Å²) in [5.74, 6) is -0.0160. The molecule has 2 rings (SSSR count). The maximum absolute atomic E-state index is 11.7. The van der Waals surface area contributed by atoms with Gasteiger partial charge in [0.25, 0.3) is 5.91 Å². The van der Waals surface area contributed by atoms with Gasteiger partial charge in [0.05, 0.1) is 0 Å². The number of aromatic nitrogens is 1. The van der Waals surface area contributed by atoms with Crippen molar-refractivity contribution in [3.05, 3.63) is 30.1 Å². The molecule has 1 aromatic rings. The van der Waals surface area contributed by atoms with E-state index in [1.165, 1.54) is 0 Å². The molecule has 1 aromatic heterocycles. The lowest BCUT2D eigenvalue weighted by atomic mass is 10.2. The van der Waals surface area contributed by atoms with Crippen molar-refractivity contribution in [1.29, 1.82) is 0 Å². The third-order valence-electron chi connectivity index (χ3n) is 3.09. The second-order valence-corrected chi connectivity index (χ2v) is 4.44. The second-order valence-electron chi connectivity index (χ2n) is 4.44. The third-order valence-corrected chi connectivity index (χ3v) is 3.09. The molecule has 0 atom stereocenters. The number of nitrogens with zero attached hydrogens (tertiary/aromatic N) is 2. The highest BCUT2D eigenvalue weighted by Crippen LogP contribution is 1.97. The monoisotopic (exact) mass is 320 g/mol. The van der Waals surface area contributed by atoms with E-state index in [4.69, 9.17) is 0 Å². The zero-order valence-corrected chi connectivity index (χ0v) is 13.0. The molecule has 0 aromatic carbocycles. The number of nitrogens with one attached hydrogen (secondary N) is 2. The molecule has 0 spiro atoms. The van der Waals surface area contributed by atoms with Gasteiger partial charge in [-0.1, -0.05) is 0 Å². The molecule has 7 heteroatoms. The number of carbonyl (C=O) groups excluding carboxylic acids is 1. The maximum Gasteiger partial charge on any atom is 0.251 e. The first-order valence-electron chi connectivity index (χ1n) is 6.47. The highest BCUT2D eigenvalue weighted by Gasteiger charge is 2.09. The average molecular weight is 321 g/mol. The molecule has 0 radical (unpaired) electrons. The zero-order valence-electron chi connectivity index (χ0n) is 11.4. The Morgan fingerprint density at radius 1 is 1.25 bits per heavy atom. The van der Waals surface area contributed by atoms with Crippen molar-refractivity contribution in [2.45, 2.75) is 6.42 Å². The van der Waals surface area contributed by atoms with Crippen LogP contribution in [0.25, 0.3) is 0 Å². The van der Waals surface area contributed by atoms with Crippen LogP contribution in [0.3, 0.4) is 0 Å². The fraction of sp³-hybridized carbons (Fsp3) is 0.538. The molecule has 2 heterocycles. The van der Waals surface area contributed by atoms with Gasteiger partial charge in [-0.05, 0) is 25.1 Å². The molecule has 1 amide bonds. The van der Waals surface area contributed by atoms with Crippen LogP contribution < -0.4 is 10.6 Å². The Morgan fingerprint density at radius 2 is 1.90 bits per heavy atom. The topological polar surface area (TPSA) is 57.3 Å². The molecule has 0 aliphatic carbocycles. The van der Waals surface area contributed by atoms with Crippen LogP contribution in [0.1, 0.15) is 16.8 Å². The summed E-state index contributed by atoms with van der Waals surface area (Å²) in [7, 11) is 0. The molecule has 0 saturated carbocycles. The number of hydrogen-bond donors (Lipinski definition) is 2. The fourth-order valence-electron chi connectivity index (χ4n) is 2.04. The zero-order chi connectivity index (χ0) is 12.6. The minimum atomic E-state index is -0.0160. The number of pyridine rings is 1. The predicted octanol–water partition coefficient (Wildman–Crippen LogP) is 0.950. The van der Waals surface area contributed by atoms with Crippen LogP contribution in [0.15, 0.2) is 24.5 Å². The Balaban J connectivity index is 0.00000180. The maximum atomic E-state index is 11.7. The molecular formula is C13H22Cl2N4O. The lowest BCUT2D eigenvalue weighted by Crippen LogP contribution is -2.44. The van der Waals surface area contributed by atoms with Gasteiger partial charge in [0.1, 0.15) is 0 Å². The summed E-state index contributed by atoms with van der Waals surface area (Å²) in [6, 6.07) is 3.46. The minimum absolute atomic E-state index is 0. The number of amides is 1. The van der Waals surface area contributed by atoms with Gasteiger partial charge in [-0.3, -0.25) is 9.78 Å². The van der Waals surface area contributed by atoms with Gasteiger partial charge < -0.3 is 15.5 Å². The van der Waals surface area contributed by atoms with E-state index in [9.17, 15) is 4.79 Å². The minimum Gasteiger partial charge on any atom is -0.352 e. The summed E-state index contributed by atoms with van der Waals surface area (Å²) in [4.78, 5) is 18.1. The molecule has 1 fully saturated rings. The lowest BCUT2D eigenvalue weighted by Gasteiger charge is -2.27. The molecule has 20 heavy (non-hydrogen) atoms. The number of hydrogen-bond acceptors (Lipinski definition) is 4. The van der Waals surface area contributed by atoms with Gasteiger partial charge in [-0.25, -0.2) is 0 Å². The van der Waals surface area contributed by atoms with Gasteiger partial charge in [0.2, 0.25) is 0 Å². The third kappa shape index (κ3) is 6.52. The summed E-state index contributed by atoms with van der Waals surface area (Å²) in [6.45, 7) is 6.15. The van der Waals surface area contributed by atoms with Crippen molar-refractivity contribution in [2.75, 3.05) is 39.3 Å². The van der Waals surface area contributed by atoms with E-state index >= 15 is 0 Å². The van der Waals surface area contributed by atoms with Crippen LogP contribution in [-0.2, 0) is 0 Å². The molecule has 1 aliphatic heterocycles. The van der Waals surface area contributed by atoms with Crippen molar-refractivity contribution in [2.24, 2.45) is 0 Å². The van der Waals surface area contributed by atoms with Gasteiger partial charge in [-0.2, -0.15) is 0 Å². The summed E-state index contributed by atoms with van der Waals surface area (Å²) in [5, 5.41) is 6.26. The molecule has 5 nitrogen and oxygen atoms in total. The smallest absolute Gasteiger partial charge is 0.251 e. The molecule has 114 valence electrons. The van der Waals surface area contributed by atoms with Crippen LogP contribution in [0.5, 0.6) is 0 Å². The van der Waals surface area contributed by atoms with E-state index in [0.717, 1.165) is 45.7 Å². The SMILES string of the molecule is Cl.Cl.O=C(NCCCN1CCNCC1)c1ccncc1. The van der Waals surface area contributed by atoms with E-state index < -0.39 is 0 Å². The molecular weight excluding hydrogens is 299 g/mol.